The van der Waals surface area contributed by atoms with E-state index in [0.29, 0.717) is 0 Å². The maximum atomic E-state index is 6.23. The monoisotopic (exact) mass is 290 g/mol. The SMILES string of the molecule is CC(Cl)c1nc2cnccc2n1CCc1ncn(C)n1. The van der Waals surface area contributed by atoms with Crippen molar-refractivity contribution in [2.75, 3.05) is 0 Å². The molecule has 0 aromatic carbocycles. The van der Waals surface area contributed by atoms with Gasteiger partial charge in [-0.1, -0.05) is 0 Å². The van der Waals surface area contributed by atoms with E-state index in [-0.39, 0.29) is 5.38 Å². The minimum Gasteiger partial charge on any atom is -0.326 e. The van der Waals surface area contributed by atoms with Crippen molar-refractivity contribution in [2.24, 2.45) is 7.05 Å². The number of aromatic nitrogens is 6. The summed E-state index contributed by atoms with van der Waals surface area (Å²) in [6, 6.07) is 1.96. The molecule has 1 atom stereocenters. The molecular weight excluding hydrogens is 276 g/mol. The number of pyridine rings is 1. The van der Waals surface area contributed by atoms with E-state index in [1.807, 2.05) is 20.0 Å². The number of hydrogen-bond acceptors (Lipinski definition) is 4. The summed E-state index contributed by atoms with van der Waals surface area (Å²) in [5.41, 5.74) is 1.91. The molecule has 7 heteroatoms. The third-order valence-corrected chi connectivity index (χ3v) is 3.34. The zero-order valence-corrected chi connectivity index (χ0v) is 12.1. The second-order valence-corrected chi connectivity index (χ2v) is 5.34. The molecule has 6 nitrogen and oxygen atoms in total. The molecule has 0 amide bonds. The standard InChI is InChI=1S/C13H15ClN6/c1-9(14)13-17-10-7-15-5-3-11(10)20(13)6-4-12-16-8-19(2)18-12/h3,5,7-9H,4,6H2,1-2H3. The summed E-state index contributed by atoms with van der Waals surface area (Å²) in [5.74, 6) is 1.67. The molecule has 3 aromatic rings. The number of aryl methyl sites for hydroxylation is 3. The molecule has 0 bridgehead atoms. The summed E-state index contributed by atoms with van der Waals surface area (Å²) in [7, 11) is 1.86. The lowest BCUT2D eigenvalue weighted by Crippen LogP contribution is -2.08. The first-order valence-electron chi connectivity index (χ1n) is 6.44. The van der Waals surface area contributed by atoms with Gasteiger partial charge in [-0.15, -0.1) is 11.6 Å². The highest BCUT2D eigenvalue weighted by atomic mass is 35.5. The zero-order valence-electron chi connectivity index (χ0n) is 11.4. The number of imidazole rings is 1. The molecule has 0 fully saturated rings. The van der Waals surface area contributed by atoms with E-state index in [1.165, 1.54) is 0 Å². The number of nitrogens with zero attached hydrogens (tertiary/aromatic N) is 6. The molecular formula is C13H15ClN6. The van der Waals surface area contributed by atoms with Crippen molar-refractivity contribution in [1.82, 2.24) is 29.3 Å². The van der Waals surface area contributed by atoms with Gasteiger partial charge < -0.3 is 4.57 Å². The average Bonchev–Trinajstić information content (AvgIpc) is 3.00. The molecule has 0 saturated heterocycles. The highest BCUT2D eigenvalue weighted by Crippen LogP contribution is 2.24. The molecule has 0 aliphatic carbocycles. The Labute approximate surface area is 121 Å². The second-order valence-electron chi connectivity index (χ2n) is 4.69. The molecule has 0 aliphatic rings. The van der Waals surface area contributed by atoms with Gasteiger partial charge in [0.1, 0.15) is 17.7 Å². The summed E-state index contributed by atoms with van der Waals surface area (Å²) in [4.78, 5) is 12.9. The van der Waals surface area contributed by atoms with E-state index in [2.05, 4.69) is 24.6 Å². The smallest absolute Gasteiger partial charge is 0.152 e. The molecule has 0 saturated carbocycles. The Hall–Kier alpha value is -1.95. The van der Waals surface area contributed by atoms with Crippen LogP contribution in [0.1, 0.15) is 23.9 Å². The van der Waals surface area contributed by atoms with Crippen LogP contribution in [0.3, 0.4) is 0 Å². The first-order chi connectivity index (χ1) is 9.65. The highest BCUT2D eigenvalue weighted by Gasteiger charge is 2.15. The Morgan fingerprint density at radius 1 is 1.40 bits per heavy atom. The van der Waals surface area contributed by atoms with E-state index >= 15 is 0 Å². The fourth-order valence-corrected chi connectivity index (χ4v) is 2.42. The first-order valence-corrected chi connectivity index (χ1v) is 6.87. The zero-order chi connectivity index (χ0) is 14.1. The van der Waals surface area contributed by atoms with E-state index in [0.717, 1.165) is 35.6 Å². The molecule has 20 heavy (non-hydrogen) atoms. The molecule has 0 radical (unpaired) electrons. The first kappa shape index (κ1) is 13.1. The summed E-state index contributed by atoms with van der Waals surface area (Å²) < 4.78 is 3.82. The lowest BCUT2D eigenvalue weighted by atomic mass is 10.3. The predicted molar refractivity (Wildman–Crippen MR) is 76.5 cm³/mol. The van der Waals surface area contributed by atoms with Gasteiger partial charge in [0, 0.05) is 26.2 Å². The fraction of sp³-hybridized carbons (Fsp3) is 0.385. The van der Waals surface area contributed by atoms with Crippen LogP contribution in [-0.2, 0) is 20.0 Å². The van der Waals surface area contributed by atoms with Gasteiger partial charge >= 0.3 is 0 Å². The van der Waals surface area contributed by atoms with Crippen LogP contribution in [0.5, 0.6) is 0 Å². The molecule has 3 aromatic heterocycles. The Bertz CT molecular complexity index is 729. The van der Waals surface area contributed by atoms with Crippen LogP contribution < -0.4 is 0 Å². The second kappa shape index (κ2) is 5.20. The van der Waals surface area contributed by atoms with Gasteiger partial charge in [-0.05, 0) is 13.0 Å². The van der Waals surface area contributed by atoms with Crippen LogP contribution in [-0.4, -0.2) is 29.3 Å². The molecule has 104 valence electrons. The van der Waals surface area contributed by atoms with E-state index < -0.39 is 0 Å². The number of hydrogen-bond donors (Lipinski definition) is 0. The van der Waals surface area contributed by atoms with Gasteiger partial charge in [0.15, 0.2) is 5.82 Å². The third-order valence-electron chi connectivity index (χ3n) is 3.14. The van der Waals surface area contributed by atoms with Crippen molar-refractivity contribution in [3.05, 3.63) is 36.4 Å². The number of alkyl halides is 1. The van der Waals surface area contributed by atoms with Gasteiger partial charge in [0.2, 0.25) is 0 Å². The van der Waals surface area contributed by atoms with Crippen molar-refractivity contribution in [2.45, 2.75) is 25.3 Å². The predicted octanol–water partition coefficient (Wildman–Crippen LogP) is 2.10. The lowest BCUT2D eigenvalue weighted by Gasteiger charge is -2.09. The van der Waals surface area contributed by atoms with Gasteiger partial charge in [0.25, 0.3) is 0 Å². The summed E-state index contributed by atoms with van der Waals surface area (Å²) >= 11 is 6.23. The van der Waals surface area contributed by atoms with Gasteiger partial charge in [-0.25, -0.2) is 9.97 Å². The maximum absolute atomic E-state index is 6.23. The van der Waals surface area contributed by atoms with Crippen LogP contribution in [0.2, 0.25) is 0 Å². The minimum atomic E-state index is -0.154. The van der Waals surface area contributed by atoms with Crippen LogP contribution in [0.15, 0.2) is 24.8 Å². The summed E-state index contributed by atoms with van der Waals surface area (Å²) in [5, 5.41) is 4.14. The maximum Gasteiger partial charge on any atom is 0.152 e. The number of rotatable bonds is 4. The van der Waals surface area contributed by atoms with Crippen LogP contribution >= 0.6 is 11.6 Å². The minimum absolute atomic E-state index is 0.154. The number of fused-ring (bicyclic) bond motifs is 1. The Morgan fingerprint density at radius 3 is 2.95 bits per heavy atom. The third kappa shape index (κ3) is 2.38. The Morgan fingerprint density at radius 2 is 2.25 bits per heavy atom. The molecule has 1 unspecified atom stereocenters. The Balaban J connectivity index is 1.94. The number of halogens is 1. The van der Waals surface area contributed by atoms with Gasteiger partial charge in [0.05, 0.1) is 17.1 Å². The molecule has 0 spiro atoms. The molecule has 0 N–H and O–H groups in total. The average molecular weight is 291 g/mol. The largest absolute Gasteiger partial charge is 0.326 e. The molecule has 0 aliphatic heterocycles. The van der Waals surface area contributed by atoms with Crippen LogP contribution in [0.25, 0.3) is 11.0 Å². The van der Waals surface area contributed by atoms with E-state index in [1.54, 1.807) is 23.4 Å². The van der Waals surface area contributed by atoms with Gasteiger partial charge in [-0.3, -0.25) is 9.67 Å². The van der Waals surface area contributed by atoms with Crippen molar-refractivity contribution in [3.63, 3.8) is 0 Å². The highest BCUT2D eigenvalue weighted by molar-refractivity contribution is 6.20. The summed E-state index contributed by atoms with van der Waals surface area (Å²) in [6.45, 7) is 2.67. The van der Waals surface area contributed by atoms with Crippen molar-refractivity contribution >= 4 is 22.6 Å². The molecule has 3 rings (SSSR count). The van der Waals surface area contributed by atoms with Crippen molar-refractivity contribution < 1.29 is 0 Å². The van der Waals surface area contributed by atoms with Crippen LogP contribution in [0.4, 0.5) is 0 Å². The van der Waals surface area contributed by atoms with E-state index in [9.17, 15) is 0 Å². The summed E-state index contributed by atoms with van der Waals surface area (Å²) in [6.07, 6.45) is 5.97. The lowest BCUT2D eigenvalue weighted by molar-refractivity contribution is 0.641. The quantitative estimate of drug-likeness (QED) is 0.690. The fourth-order valence-electron chi connectivity index (χ4n) is 2.25. The normalized spacial score (nSPS) is 12.9. The topological polar surface area (TPSA) is 61.4 Å². The van der Waals surface area contributed by atoms with Crippen LogP contribution in [0, 0.1) is 0 Å². The molecule has 3 heterocycles. The van der Waals surface area contributed by atoms with Crippen molar-refractivity contribution in [1.29, 1.82) is 0 Å². The van der Waals surface area contributed by atoms with E-state index in [4.69, 9.17) is 11.6 Å². The van der Waals surface area contributed by atoms with Gasteiger partial charge in [-0.2, -0.15) is 5.10 Å². The Kier molecular flexibility index (Phi) is 3.40. The van der Waals surface area contributed by atoms with Crippen molar-refractivity contribution in [3.8, 4) is 0 Å².